The smallest absolute Gasteiger partial charge is 0.291 e. The van der Waals surface area contributed by atoms with Gasteiger partial charge in [-0.05, 0) is 0 Å². The molecule has 0 fully saturated rings. The Hall–Kier alpha value is -0.660. The minimum atomic E-state index is 0.399. The zero-order chi connectivity index (χ0) is 5.70. The van der Waals surface area contributed by atoms with E-state index in [2.05, 4.69) is 9.53 Å². The molecule has 0 saturated carbocycles. The van der Waals surface area contributed by atoms with E-state index in [1.165, 1.54) is 0 Å². The fraction of sp³-hybridized carbons (Fsp3) is 0.750. The van der Waals surface area contributed by atoms with E-state index in [-0.39, 0.29) is 0 Å². The highest BCUT2D eigenvalue weighted by Crippen LogP contribution is 1.66. The summed E-state index contributed by atoms with van der Waals surface area (Å²) in [5, 5.41) is 0. The van der Waals surface area contributed by atoms with Gasteiger partial charge in [-0.25, -0.2) is 0 Å². The lowest BCUT2D eigenvalue weighted by Gasteiger charge is -1.81. The molecule has 0 bridgehead atoms. The van der Waals surface area contributed by atoms with E-state index in [0.717, 1.165) is 0 Å². The van der Waals surface area contributed by atoms with Crippen LogP contribution in [0.4, 0.5) is 0 Å². The molecular weight excluding hydrogens is 92.1 g/mol. The molecule has 0 aromatic carbocycles. The van der Waals surface area contributed by atoms with Crippen molar-refractivity contribution in [3.05, 3.63) is 5.53 Å². The van der Waals surface area contributed by atoms with E-state index in [1.807, 2.05) is 0 Å². The van der Waals surface area contributed by atoms with Crippen molar-refractivity contribution < 1.29 is 9.53 Å². The van der Waals surface area contributed by atoms with Crippen LogP contribution in [0.15, 0.2) is 0 Å². The van der Waals surface area contributed by atoms with Gasteiger partial charge in [0, 0.05) is 14.0 Å². The topological polar surface area (TPSA) is 45.6 Å². The molecule has 0 aromatic rings. The molecule has 0 amide bonds. The molecule has 40 valence electrons. The third kappa shape index (κ3) is 3.16. The van der Waals surface area contributed by atoms with Crippen molar-refractivity contribution in [3.8, 4) is 0 Å². The molecule has 0 unspecified atom stereocenters. The van der Waals surface area contributed by atoms with Crippen LogP contribution in [0.1, 0.15) is 6.92 Å². The van der Waals surface area contributed by atoms with E-state index in [1.54, 1.807) is 14.0 Å². The zero-order valence-electron chi connectivity index (χ0n) is 4.51. The van der Waals surface area contributed by atoms with Gasteiger partial charge in [0.05, 0.1) is 0 Å². The van der Waals surface area contributed by atoms with Crippen molar-refractivity contribution in [1.82, 2.24) is 0 Å². The van der Waals surface area contributed by atoms with Gasteiger partial charge in [-0.1, -0.05) is 0 Å². The number of ether oxygens (including phenoxy) is 1. The minimum Gasteiger partial charge on any atom is -0.373 e. The molecule has 0 heterocycles. The maximum atomic E-state index is 7.97. The second kappa shape index (κ2) is 3.53. The Morgan fingerprint density at radius 1 is 1.86 bits per heavy atom. The van der Waals surface area contributed by atoms with Crippen molar-refractivity contribution in [3.63, 3.8) is 0 Å². The lowest BCUT2D eigenvalue weighted by atomic mass is 10.5. The average Bonchev–Trinajstić information content (AvgIpc) is 1.68. The van der Waals surface area contributed by atoms with Gasteiger partial charge in [0.25, 0.3) is 5.71 Å². The highest BCUT2D eigenvalue weighted by molar-refractivity contribution is 5.77. The monoisotopic (exact) mass is 100 g/mol. The molecule has 0 aromatic heterocycles. The molecule has 0 aliphatic heterocycles. The number of nitrogens with zero attached hydrogens (tertiary/aromatic N) is 2. The molecule has 0 aliphatic carbocycles. The van der Waals surface area contributed by atoms with Crippen molar-refractivity contribution in [2.75, 3.05) is 13.7 Å². The first-order valence-corrected chi connectivity index (χ1v) is 1.97. The Labute approximate surface area is 42.5 Å². The second-order valence-corrected chi connectivity index (χ2v) is 1.27. The summed E-state index contributed by atoms with van der Waals surface area (Å²) in [7, 11) is 1.55. The molecule has 0 spiro atoms. The van der Waals surface area contributed by atoms with Gasteiger partial charge in [0.15, 0.2) is 0 Å². The van der Waals surface area contributed by atoms with E-state index in [9.17, 15) is 0 Å². The Morgan fingerprint density at radius 3 is 2.57 bits per heavy atom. The normalized spacial score (nSPS) is 7.71. The number of hydrogen-bond donors (Lipinski definition) is 0. The first-order valence-electron chi connectivity index (χ1n) is 1.97. The van der Waals surface area contributed by atoms with Crippen molar-refractivity contribution in [2.24, 2.45) is 0 Å². The zero-order valence-corrected chi connectivity index (χ0v) is 4.51. The van der Waals surface area contributed by atoms with Crippen LogP contribution in [0, 0.1) is 0 Å². The molecule has 0 aliphatic rings. The number of rotatable bonds is 2. The van der Waals surface area contributed by atoms with E-state index >= 15 is 0 Å². The van der Waals surface area contributed by atoms with E-state index < -0.39 is 0 Å². The molecule has 0 saturated heterocycles. The quantitative estimate of drug-likeness (QED) is 0.280. The van der Waals surface area contributed by atoms with Crippen LogP contribution in [0.2, 0.25) is 0 Å². The van der Waals surface area contributed by atoms with E-state index in [0.29, 0.717) is 12.3 Å². The molecule has 3 nitrogen and oxygen atoms in total. The summed E-state index contributed by atoms with van der Waals surface area (Å²) in [6.07, 6.45) is 0. The molecule has 0 atom stereocenters. The first kappa shape index (κ1) is 6.34. The van der Waals surface area contributed by atoms with Gasteiger partial charge >= 0.3 is 0 Å². The van der Waals surface area contributed by atoms with Crippen molar-refractivity contribution in [2.45, 2.75) is 6.92 Å². The van der Waals surface area contributed by atoms with Gasteiger partial charge in [-0.15, -0.1) is 0 Å². The second-order valence-electron chi connectivity index (χ2n) is 1.27. The maximum Gasteiger partial charge on any atom is 0.291 e. The average molecular weight is 100 g/mol. The van der Waals surface area contributed by atoms with Crippen LogP contribution in [0.25, 0.3) is 5.53 Å². The Morgan fingerprint density at radius 2 is 2.43 bits per heavy atom. The first-order chi connectivity index (χ1) is 3.31. The van der Waals surface area contributed by atoms with Gasteiger partial charge in [0.1, 0.15) is 6.61 Å². The van der Waals surface area contributed by atoms with Crippen LogP contribution in [-0.2, 0) is 4.74 Å². The number of methoxy groups -OCH3 is 1. The van der Waals surface area contributed by atoms with Gasteiger partial charge in [-0.3, -0.25) is 0 Å². The summed E-state index contributed by atoms with van der Waals surface area (Å²) < 4.78 is 4.60. The number of hydrogen-bond acceptors (Lipinski definition) is 1. The van der Waals surface area contributed by atoms with Gasteiger partial charge in [-0.2, -0.15) is 4.79 Å². The third-order valence-corrected chi connectivity index (χ3v) is 0.524. The van der Waals surface area contributed by atoms with Gasteiger partial charge < -0.3 is 10.3 Å². The highest BCUT2D eigenvalue weighted by atomic mass is 16.5. The predicted molar refractivity (Wildman–Crippen MR) is 26.2 cm³/mol. The van der Waals surface area contributed by atoms with Crippen LogP contribution in [0.5, 0.6) is 0 Å². The van der Waals surface area contributed by atoms with Crippen molar-refractivity contribution >= 4 is 5.71 Å². The maximum absolute atomic E-state index is 7.97. The molecule has 0 radical (unpaired) electrons. The predicted octanol–water partition coefficient (Wildman–Crippen LogP) is 0.324. The highest BCUT2D eigenvalue weighted by Gasteiger charge is 1.92. The molecule has 0 rings (SSSR count). The minimum absolute atomic E-state index is 0.399. The molecule has 7 heavy (non-hydrogen) atoms. The Kier molecular flexibility index (Phi) is 3.19. The van der Waals surface area contributed by atoms with Crippen molar-refractivity contribution in [1.29, 1.82) is 0 Å². The largest absolute Gasteiger partial charge is 0.373 e. The third-order valence-electron chi connectivity index (χ3n) is 0.524. The summed E-state index contributed by atoms with van der Waals surface area (Å²) in [4.78, 5) is 2.87. The fourth-order valence-corrected chi connectivity index (χ4v) is 0.238. The van der Waals surface area contributed by atoms with Crippen LogP contribution < -0.4 is 0 Å². The summed E-state index contributed by atoms with van der Waals surface area (Å²) in [5.74, 6) is 0. The van der Waals surface area contributed by atoms with Crippen LogP contribution in [-0.4, -0.2) is 24.2 Å². The molecular formula is C4H8N2O. The Bertz CT molecular complexity index is 93.9. The molecule has 3 heteroatoms. The fourth-order valence-electron chi connectivity index (χ4n) is 0.238. The Balaban J connectivity index is 3.37. The SMILES string of the molecule is COCC(C)=[N+]=[N-]. The van der Waals surface area contributed by atoms with E-state index in [4.69, 9.17) is 5.53 Å². The summed E-state index contributed by atoms with van der Waals surface area (Å²) >= 11 is 0. The van der Waals surface area contributed by atoms with Crippen LogP contribution in [0.3, 0.4) is 0 Å². The summed E-state index contributed by atoms with van der Waals surface area (Å²) in [6, 6.07) is 0. The lowest BCUT2D eigenvalue weighted by molar-refractivity contribution is -0.0151. The standard InChI is InChI=1S/C4H8N2O/c1-4(6-5)3-7-2/h3H2,1-2H3. The molecule has 0 N–H and O–H groups in total. The summed E-state index contributed by atoms with van der Waals surface area (Å²) in [5.41, 5.74) is 8.56. The van der Waals surface area contributed by atoms with Crippen LogP contribution >= 0.6 is 0 Å². The lowest BCUT2D eigenvalue weighted by Crippen LogP contribution is -2.01. The summed E-state index contributed by atoms with van der Waals surface area (Å²) in [6.45, 7) is 2.08. The van der Waals surface area contributed by atoms with Gasteiger partial charge in [0.2, 0.25) is 0 Å².